The van der Waals surface area contributed by atoms with Crippen molar-refractivity contribution < 1.29 is 17.9 Å². The molecule has 5 nitrogen and oxygen atoms in total. The predicted octanol–water partition coefficient (Wildman–Crippen LogP) is 1.74. The maximum atomic E-state index is 12.3. The molecule has 0 amide bonds. The molecule has 0 unspecified atom stereocenters. The summed E-state index contributed by atoms with van der Waals surface area (Å²) in [6.07, 6.45) is 0. The van der Waals surface area contributed by atoms with E-state index in [0.717, 1.165) is 0 Å². The van der Waals surface area contributed by atoms with Gasteiger partial charge in [-0.05, 0) is 29.8 Å². The van der Waals surface area contributed by atoms with Crippen LogP contribution in [0.2, 0.25) is 5.02 Å². The van der Waals surface area contributed by atoms with E-state index >= 15 is 0 Å². The third-order valence-corrected chi connectivity index (χ3v) is 5.19. The van der Waals surface area contributed by atoms with Gasteiger partial charge in [-0.3, -0.25) is 4.79 Å². The summed E-state index contributed by atoms with van der Waals surface area (Å²) in [5.74, 6) is 0. The van der Waals surface area contributed by atoms with Gasteiger partial charge in [-0.1, -0.05) is 11.6 Å². The number of ether oxygens (including phenoxy) is 1. The highest BCUT2D eigenvalue weighted by molar-refractivity contribution is 7.89. The molecule has 0 atom stereocenters. The molecule has 0 bridgehead atoms. The minimum absolute atomic E-state index is 0.00259. The molecule has 1 aliphatic rings. The van der Waals surface area contributed by atoms with Gasteiger partial charge >= 0.3 is 0 Å². The Labute approximate surface area is 121 Å². The SMILES string of the molecule is O=C(Cl)c1cc(S(=O)(=O)N2CCOCC2)ccc1Cl. The lowest BCUT2D eigenvalue weighted by molar-refractivity contribution is 0.0730. The number of benzene rings is 1. The summed E-state index contributed by atoms with van der Waals surface area (Å²) in [5.41, 5.74) is -0.0160. The standard InChI is InChI=1S/C11H11Cl2NO4S/c12-10-2-1-8(7-9(10)11(13)15)19(16,17)14-3-5-18-6-4-14/h1-2,7H,3-6H2. The third kappa shape index (κ3) is 3.09. The Bertz CT molecular complexity index is 597. The summed E-state index contributed by atoms with van der Waals surface area (Å²) < 4.78 is 31.1. The monoisotopic (exact) mass is 323 g/mol. The van der Waals surface area contributed by atoms with Gasteiger partial charge in [-0.25, -0.2) is 8.42 Å². The molecule has 1 fully saturated rings. The fourth-order valence-electron chi connectivity index (χ4n) is 1.75. The van der Waals surface area contributed by atoms with Crippen LogP contribution >= 0.6 is 23.2 Å². The van der Waals surface area contributed by atoms with Crippen molar-refractivity contribution in [2.45, 2.75) is 4.90 Å². The molecular formula is C11H11Cl2NO4S. The highest BCUT2D eigenvalue weighted by Crippen LogP contribution is 2.24. The van der Waals surface area contributed by atoms with Gasteiger partial charge in [0.15, 0.2) is 0 Å². The molecule has 1 aromatic rings. The van der Waals surface area contributed by atoms with E-state index in [2.05, 4.69) is 0 Å². The zero-order chi connectivity index (χ0) is 14.0. The summed E-state index contributed by atoms with van der Waals surface area (Å²) in [6, 6.07) is 3.91. The van der Waals surface area contributed by atoms with Gasteiger partial charge in [0.1, 0.15) is 0 Å². The van der Waals surface area contributed by atoms with Gasteiger partial charge in [0.2, 0.25) is 10.0 Å². The molecule has 19 heavy (non-hydrogen) atoms. The molecule has 1 heterocycles. The van der Waals surface area contributed by atoms with Crippen LogP contribution in [0.25, 0.3) is 0 Å². The number of hydrogen-bond donors (Lipinski definition) is 0. The van der Waals surface area contributed by atoms with Crippen LogP contribution in [-0.2, 0) is 14.8 Å². The van der Waals surface area contributed by atoms with Gasteiger partial charge in [-0.15, -0.1) is 0 Å². The smallest absolute Gasteiger partial charge is 0.253 e. The molecule has 1 aromatic carbocycles. The molecule has 2 rings (SSSR count). The number of halogens is 2. The number of morpholine rings is 1. The zero-order valence-electron chi connectivity index (χ0n) is 9.80. The highest BCUT2D eigenvalue weighted by atomic mass is 35.5. The molecule has 0 radical (unpaired) electrons. The Balaban J connectivity index is 2.40. The molecule has 0 N–H and O–H groups in total. The molecule has 1 aliphatic heterocycles. The highest BCUT2D eigenvalue weighted by Gasteiger charge is 2.27. The Kier molecular flexibility index (Phi) is 4.47. The van der Waals surface area contributed by atoms with Crippen LogP contribution in [0.15, 0.2) is 23.1 Å². The van der Waals surface area contributed by atoms with E-state index in [1.807, 2.05) is 0 Å². The first kappa shape index (κ1) is 14.7. The lowest BCUT2D eigenvalue weighted by Crippen LogP contribution is -2.40. The van der Waals surface area contributed by atoms with Crippen molar-refractivity contribution >= 4 is 38.5 Å². The molecule has 0 aliphatic carbocycles. The summed E-state index contributed by atoms with van der Waals surface area (Å²) in [6.45, 7) is 1.28. The van der Waals surface area contributed by atoms with E-state index in [1.54, 1.807) is 0 Å². The second kappa shape index (κ2) is 5.76. The maximum absolute atomic E-state index is 12.3. The van der Waals surface area contributed by atoms with Gasteiger partial charge < -0.3 is 4.74 Å². The number of nitrogens with zero attached hydrogens (tertiary/aromatic N) is 1. The summed E-state index contributed by atoms with van der Waals surface area (Å²) in [4.78, 5) is 11.2. The predicted molar refractivity (Wildman–Crippen MR) is 71.2 cm³/mol. The molecular weight excluding hydrogens is 313 g/mol. The first-order valence-electron chi connectivity index (χ1n) is 5.50. The zero-order valence-corrected chi connectivity index (χ0v) is 12.1. The summed E-state index contributed by atoms with van der Waals surface area (Å²) in [5, 5.41) is -0.662. The first-order chi connectivity index (χ1) is 8.93. The summed E-state index contributed by atoms with van der Waals surface area (Å²) in [7, 11) is -3.65. The van der Waals surface area contributed by atoms with Gasteiger partial charge in [0, 0.05) is 13.1 Å². The number of hydrogen-bond acceptors (Lipinski definition) is 4. The van der Waals surface area contributed by atoms with Crippen molar-refractivity contribution in [1.82, 2.24) is 4.31 Å². The lowest BCUT2D eigenvalue weighted by atomic mass is 10.2. The average Bonchev–Trinajstić information content (AvgIpc) is 2.39. The normalized spacial score (nSPS) is 17.4. The van der Waals surface area contributed by atoms with E-state index in [1.165, 1.54) is 22.5 Å². The maximum Gasteiger partial charge on any atom is 0.253 e. The summed E-state index contributed by atoms with van der Waals surface area (Å²) >= 11 is 11.2. The molecule has 0 saturated carbocycles. The van der Waals surface area contributed by atoms with E-state index < -0.39 is 15.3 Å². The van der Waals surface area contributed by atoms with Crippen LogP contribution in [0, 0.1) is 0 Å². The van der Waals surface area contributed by atoms with Crippen LogP contribution in [-0.4, -0.2) is 44.3 Å². The number of sulfonamides is 1. The average molecular weight is 324 g/mol. The Morgan fingerprint density at radius 3 is 2.47 bits per heavy atom. The van der Waals surface area contributed by atoms with Crippen molar-refractivity contribution in [3.05, 3.63) is 28.8 Å². The Morgan fingerprint density at radius 2 is 1.89 bits per heavy atom. The molecule has 0 aromatic heterocycles. The van der Waals surface area contributed by atoms with E-state index in [4.69, 9.17) is 27.9 Å². The minimum Gasteiger partial charge on any atom is -0.379 e. The lowest BCUT2D eigenvalue weighted by Gasteiger charge is -2.26. The second-order valence-electron chi connectivity index (χ2n) is 3.93. The van der Waals surface area contributed by atoms with E-state index in [9.17, 15) is 13.2 Å². The Hall–Kier alpha value is -0.660. The van der Waals surface area contributed by atoms with Crippen molar-refractivity contribution in [2.75, 3.05) is 26.3 Å². The van der Waals surface area contributed by atoms with Crippen LogP contribution in [0.4, 0.5) is 0 Å². The van der Waals surface area contributed by atoms with Gasteiger partial charge in [0.25, 0.3) is 5.24 Å². The molecule has 104 valence electrons. The minimum atomic E-state index is -3.65. The van der Waals surface area contributed by atoms with Crippen molar-refractivity contribution in [2.24, 2.45) is 0 Å². The molecule has 0 spiro atoms. The van der Waals surface area contributed by atoms with Crippen LogP contribution in [0.3, 0.4) is 0 Å². The van der Waals surface area contributed by atoms with Crippen molar-refractivity contribution in [3.63, 3.8) is 0 Å². The van der Waals surface area contributed by atoms with Crippen LogP contribution in [0.5, 0.6) is 0 Å². The molecule has 8 heteroatoms. The topological polar surface area (TPSA) is 63.7 Å². The van der Waals surface area contributed by atoms with E-state index in [0.29, 0.717) is 13.2 Å². The van der Waals surface area contributed by atoms with Crippen molar-refractivity contribution in [1.29, 1.82) is 0 Å². The quantitative estimate of drug-likeness (QED) is 0.795. The van der Waals surface area contributed by atoms with Crippen molar-refractivity contribution in [3.8, 4) is 0 Å². The number of rotatable bonds is 3. The molecule has 1 saturated heterocycles. The fourth-order valence-corrected chi connectivity index (χ4v) is 3.59. The van der Waals surface area contributed by atoms with Crippen LogP contribution in [0.1, 0.15) is 10.4 Å². The van der Waals surface area contributed by atoms with Gasteiger partial charge in [0.05, 0.1) is 28.7 Å². The number of carbonyl (C=O) groups is 1. The van der Waals surface area contributed by atoms with E-state index in [-0.39, 0.29) is 28.6 Å². The largest absolute Gasteiger partial charge is 0.379 e. The first-order valence-corrected chi connectivity index (χ1v) is 7.70. The second-order valence-corrected chi connectivity index (χ2v) is 6.62. The fraction of sp³-hybridized carbons (Fsp3) is 0.364. The van der Waals surface area contributed by atoms with Crippen LogP contribution < -0.4 is 0 Å². The number of carbonyl (C=O) groups excluding carboxylic acids is 1. The van der Waals surface area contributed by atoms with Gasteiger partial charge in [-0.2, -0.15) is 4.31 Å². The third-order valence-electron chi connectivity index (χ3n) is 2.76. The Morgan fingerprint density at radius 1 is 1.26 bits per heavy atom.